The van der Waals surface area contributed by atoms with Crippen LogP contribution in [-0.4, -0.2) is 38.8 Å². The van der Waals surface area contributed by atoms with Gasteiger partial charge in [0.25, 0.3) is 0 Å². The summed E-state index contributed by atoms with van der Waals surface area (Å²) in [5, 5.41) is 0.221. The predicted molar refractivity (Wildman–Crippen MR) is 125 cm³/mol. The number of methoxy groups -OCH3 is 1. The quantitative estimate of drug-likeness (QED) is 0.280. The first kappa shape index (κ1) is 26.0. The Hall–Kier alpha value is -2.66. The maximum atomic E-state index is 13.3. The van der Waals surface area contributed by atoms with E-state index >= 15 is 0 Å². The van der Waals surface area contributed by atoms with Crippen LogP contribution in [0.1, 0.15) is 35.3 Å². The number of rotatable bonds is 6. The largest absolute Gasteiger partial charge is 0.490 e. The number of sulfone groups is 1. The van der Waals surface area contributed by atoms with Crippen molar-refractivity contribution >= 4 is 42.6 Å². The van der Waals surface area contributed by atoms with Crippen LogP contribution in [0.2, 0.25) is 0 Å². The van der Waals surface area contributed by atoms with Crippen molar-refractivity contribution in [3.05, 3.63) is 53.1 Å². The Labute approximate surface area is 203 Å². The normalized spacial score (nSPS) is 12.3. The molecule has 3 rings (SSSR count). The number of alkyl halides is 4. The van der Waals surface area contributed by atoms with Gasteiger partial charge in [-0.15, -0.1) is 0 Å². The van der Waals surface area contributed by atoms with Crippen LogP contribution in [0.5, 0.6) is 5.75 Å². The molecule has 0 aliphatic carbocycles. The molecule has 11 heteroatoms. The number of ether oxygens (including phenoxy) is 2. The molecule has 0 aliphatic rings. The molecule has 0 amide bonds. The number of carbonyl (C=O) groups excluding carboxylic acids is 1. The van der Waals surface area contributed by atoms with E-state index in [0.29, 0.717) is 0 Å². The Morgan fingerprint density at radius 2 is 1.85 bits per heavy atom. The van der Waals surface area contributed by atoms with Crippen LogP contribution >= 0.6 is 15.9 Å². The lowest BCUT2D eigenvalue weighted by atomic mass is 9.96. The van der Waals surface area contributed by atoms with Crippen molar-refractivity contribution in [2.75, 3.05) is 13.4 Å². The zero-order valence-electron chi connectivity index (χ0n) is 18.7. The van der Waals surface area contributed by atoms with Crippen LogP contribution in [0.15, 0.2) is 41.3 Å². The van der Waals surface area contributed by atoms with E-state index in [4.69, 9.17) is 9.47 Å². The third kappa shape index (κ3) is 5.20. The van der Waals surface area contributed by atoms with Crippen molar-refractivity contribution in [3.63, 3.8) is 0 Å². The van der Waals surface area contributed by atoms with Gasteiger partial charge in [-0.2, -0.15) is 13.2 Å². The van der Waals surface area contributed by atoms with Gasteiger partial charge in [0.2, 0.25) is 0 Å². The Bertz CT molecular complexity index is 1370. The number of fused-ring (bicyclic) bond motifs is 1. The van der Waals surface area contributed by atoms with Crippen molar-refractivity contribution in [2.45, 2.75) is 36.4 Å². The predicted octanol–water partition coefficient (Wildman–Crippen LogP) is 5.79. The highest BCUT2D eigenvalue weighted by molar-refractivity contribution is 9.08. The van der Waals surface area contributed by atoms with E-state index in [0.717, 1.165) is 25.5 Å². The number of benzene rings is 2. The van der Waals surface area contributed by atoms with E-state index in [9.17, 15) is 26.4 Å². The molecular weight excluding hydrogens is 539 g/mol. The van der Waals surface area contributed by atoms with Gasteiger partial charge < -0.3 is 9.47 Å². The second-order valence-corrected chi connectivity index (χ2v) is 10.3. The molecule has 0 bridgehead atoms. The summed E-state index contributed by atoms with van der Waals surface area (Å²) in [4.78, 5) is 17.2. The minimum atomic E-state index is -4.57. The molecule has 0 unspecified atom stereocenters. The number of pyridine rings is 1. The molecule has 182 valence electrons. The highest BCUT2D eigenvalue weighted by atomic mass is 79.9. The average molecular weight is 560 g/mol. The Balaban J connectivity index is 2.48. The van der Waals surface area contributed by atoms with E-state index < -0.39 is 27.5 Å². The molecule has 0 saturated carbocycles. The molecule has 0 N–H and O–H groups in total. The van der Waals surface area contributed by atoms with E-state index in [-0.39, 0.29) is 55.4 Å². The molecule has 0 aliphatic heterocycles. The molecule has 34 heavy (non-hydrogen) atoms. The zero-order chi connectivity index (χ0) is 25.4. The van der Waals surface area contributed by atoms with Gasteiger partial charge in [0.1, 0.15) is 10.6 Å². The van der Waals surface area contributed by atoms with Gasteiger partial charge in [0, 0.05) is 34.2 Å². The monoisotopic (exact) mass is 559 g/mol. The number of hydrogen-bond acceptors (Lipinski definition) is 6. The molecule has 0 atom stereocenters. The molecule has 6 nitrogen and oxygen atoms in total. The standard InChI is InChI=1S/C23H21BrF3NO5S/c1-12(2)33-18-10-17-15(9-19(18)34(4,30)31)20(22(29)32-3)16(11-24)21(28-17)13-6-5-7-14(8-13)23(25,26)27/h5-10,12H,11H2,1-4H3. The highest BCUT2D eigenvalue weighted by Crippen LogP contribution is 2.38. The molecule has 0 spiro atoms. The van der Waals surface area contributed by atoms with Gasteiger partial charge in [-0.3, -0.25) is 0 Å². The van der Waals surface area contributed by atoms with E-state index in [1.165, 1.54) is 24.3 Å². The summed E-state index contributed by atoms with van der Waals surface area (Å²) in [5.41, 5.74) is -0.189. The summed E-state index contributed by atoms with van der Waals surface area (Å²) >= 11 is 3.29. The highest BCUT2D eigenvalue weighted by Gasteiger charge is 2.31. The van der Waals surface area contributed by atoms with Crippen molar-refractivity contribution in [3.8, 4) is 17.0 Å². The van der Waals surface area contributed by atoms with Gasteiger partial charge in [0.15, 0.2) is 9.84 Å². The first-order valence-corrected chi connectivity index (χ1v) is 13.0. The van der Waals surface area contributed by atoms with Crippen LogP contribution in [0.4, 0.5) is 13.2 Å². The third-order valence-corrected chi connectivity index (χ3v) is 6.58. The van der Waals surface area contributed by atoms with Crippen molar-refractivity contribution in [1.82, 2.24) is 4.98 Å². The van der Waals surface area contributed by atoms with Crippen LogP contribution in [0, 0.1) is 0 Å². The lowest BCUT2D eigenvalue weighted by Gasteiger charge is -2.19. The summed E-state index contributed by atoms with van der Waals surface area (Å²) in [6.45, 7) is 3.43. The number of halogens is 4. The second-order valence-electron chi connectivity index (χ2n) is 7.77. The van der Waals surface area contributed by atoms with Gasteiger partial charge in [-0.05, 0) is 32.0 Å². The summed E-state index contributed by atoms with van der Waals surface area (Å²) in [5.74, 6) is -0.762. The second kappa shape index (κ2) is 9.53. The first-order valence-electron chi connectivity index (χ1n) is 9.97. The maximum absolute atomic E-state index is 13.3. The van der Waals surface area contributed by atoms with E-state index in [2.05, 4.69) is 20.9 Å². The number of nitrogens with zero attached hydrogens (tertiary/aromatic N) is 1. The molecular formula is C23H21BrF3NO5S. The third-order valence-electron chi connectivity index (χ3n) is 4.90. The van der Waals surface area contributed by atoms with Gasteiger partial charge in [-0.25, -0.2) is 18.2 Å². The van der Waals surface area contributed by atoms with Crippen molar-refractivity contribution in [1.29, 1.82) is 0 Å². The van der Waals surface area contributed by atoms with Crippen LogP contribution < -0.4 is 4.74 Å². The molecule has 0 radical (unpaired) electrons. The average Bonchev–Trinajstić information content (AvgIpc) is 2.75. The van der Waals surface area contributed by atoms with Crippen molar-refractivity contribution < 1.29 is 35.9 Å². The van der Waals surface area contributed by atoms with Gasteiger partial charge in [-0.1, -0.05) is 28.1 Å². The topological polar surface area (TPSA) is 82.6 Å². The lowest BCUT2D eigenvalue weighted by molar-refractivity contribution is -0.137. The molecule has 0 saturated heterocycles. The van der Waals surface area contributed by atoms with Gasteiger partial charge in [0.05, 0.1) is 35.6 Å². The SMILES string of the molecule is COC(=O)c1c(CBr)c(-c2cccc(C(F)(F)F)c2)nc2cc(OC(C)C)c(S(C)(=O)=O)cc12. The molecule has 0 fully saturated rings. The first-order chi connectivity index (χ1) is 15.8. The number of hydrogen-bond donors (Lipinski definition) is 0. The Morgan fingerprint density at radius 1 is 1.18 bits per heavy atom. The minimum absolute atomic E-state index is 0.00205. The Morgan fingerprint density at radius 3 is 2.38 bits per heavy atom. The van der Waals surface area contributed by atoms with Gasteiger partial charge >= 0.3 is 12.1 Å². The number of aromatic nitrogens is 1. The maximum Gasteiger partial charge on any atom is 0.416 e. The fraction of sp³-hybridized carbons (Fsp3) is 0.304. The molecule has 3 aromatic rings. The van der Waals surface area contributed by atoms with E-state index in [1.54, 1.807) is 13.8 Å². The van der Waals surface area contributed by atoms with E-state index in [1.807, 2.05) is 0 Å². The Kier molecular flexibility index (Phi) is 7.28. The van der Waals surface area contributed by atoms with Crippen LogP contribution in [-0.2, 0) is 26.1 Å². The van der Waals surface area contributed by atoms with Crippen LogP contribution in [0.3, 0.4) is 0 Å². The molecule has 1 heterocycles. The summed E-state index contributed by atoms with van der Waals surface area (Å²) < 4.78 is 75.6. The molecule has 1 aromatic heterocycles. The van der Waals surface area contributed by atoms with Crippen molar-refractivity contribution in [2.24, 2.45) is 0 Å². The fourth-order valence-corrected chi connectivity index (χ4v) is 4.84. The zero-order valence-corrected chi connectivity index (χ0v) is 21.1. The number of carbonyl (C=O) groups is 1. The number of esters is 1. The minimum Gasteiger partial charge on any atom is -0.490 e. The summed E-state index contributed by atoms with van der Waals surface area (Å²) in [7, 11) is -2.61. The summed E-state index contributed by atoms with van der Waals surface area (Å²) in [6.07, 6.45) is -3.94. The lowest BCUT2D eigenvalue weighted by Crippen LogP contribution is -2.13. The molecule has 2 aromatic carbocycles. The smallest absolute Gasteiger partial charge is 0.416 e. The summed E-state index contributed by atoms with van der Waals surface area (Å²) in [6, 6.07) is 7.23. The fourth-order valence-electron chi connectivity index (χ4n) is 3.49. The van der Waals surface area contributed by atoms with Crippen LogP contribution in [0.25, 0.3) is 22.2 Å².